The Hall–Kier alpha value is -1.59. The van der Waals surface area contributed by atoms with E-state index in [0.717, 1.165) is 25.3 Å². The normalized spacial score (nSPS) is 20.1. The van der Waals surface area contributed by atoms with Crippen LogP contribution in [0.25, 0.3) is 0 Å². The number of benzene rings is 1. The highest BCUT2D eigenvalue weighted by Crippen LogP contribution is 2.16. The second kappa shape index (κ2) is 8.31. The molecule has 0 aromatic heterocycles. The molecular formula is C18H28N2O3. The second-order valence-electron chi connectivity index (χ2n) is 6.50. The highest BCUT2D eigenvalue weighted by atomic mass is 16.5. The molecule has 128 valence electrons. The molecule has 0 saturated carbocycles. The predicted molar refractivity (Wildman–Crippen MR) is 90.7 cm³/mol. The van der Waals surface area contributed by atoms with E-state index in [1.54, 1.807) is 12.0 Å². The van der Waals surface area contributed by atoms with E-state index in [9.17, 15) is 4.79 Å². The summed E-state index contributed by atoms with van der Waals surface area (Å²) in [7, 11) is 5.56. The molecule has 1 fully saturated rings. The molecule has 1 amide bonds. The first-order valence-electron chi connectivity index (χ1n) is 8.17. The maximum atomic E-state index is 12.5. The summed E-state index contributed by atoms with van der Waals surface area (Å²) in [6.07, 6.45) is 0.611. The molecule has 1 aliphatic heterocycles. The lowest BCUT2D eigenvalue weighted by Gasteiger charge is -2.32. The van der Waals surface area contributed by atoms with Gasteiger partial charge in [-0.05, 0) is 37.1 Å². The van der Waals surface area contributed by atoms with Crippen molar-refractivity contribution in [1.29, 1.82) is 0 Å². The summed E-state index contributed by atoms with van der Waals surface area (Å²) in [4.78, 5) is 16.4. The zero-order valence-corrected chi connectivity index (χ0v) is 14.6. The fourth-order valence-corrected chi connectivity index (χ4v) is 2.96. The number of carbonyl (C=O) groups excluding carboxylic acids is 1. The molecule has 0 aliphatic carbocycles. The van der Waals surface area contributed by atoms with Crippen LogP contribution in [0.1, 0.15) is 12.5 Å². The van der Waals surface area contributed by atoms with Gasteiger partial charge >= 0.3 is 0 Å². The van der Waals surface area contributed by atoms with Gasteiger partial charge in [-0.15, -0.1) is 0 Å². The van der Waals surface area contributed by atoms with E-state index in [1.165, 1.54) is 5.56 Å². The predicted octanol–water partition coefficient (Wildman–Crippen LogP) is 1.66. The van der Waals surface area contributed by atoms with Gasteiger partial charge in [0, 0.05) is 26.7 Å². The lowest BCUT2D eigenvalue weighted by molar-refractivity contribution is -0.147. The molecule has 1 heterocycles. The number of methoxy groups -OCH3 is 1. The SMILES string of the molecule is COc1ccc(C[C@H](C)CN(C)C(=O)[C@@H]2CN(C)CCO2)cc1. The molecule has 5 nitrogen and oxygen atoms in total. The zero-order chi connectivity index (χ0) is 16.8. The summed E-state index contributed by atoms with van der Waals surface area (Å²) in [5.41, 5.74) is 1.26. The maximum absolute atomic E-state index is 12.5. The van der Waals surface area contributed by atoms with E-state index < -0.39 is 0 Å². The fourth-order valence-electron chi connectivity index (χ4n) is 2.96. The standard InChI is InChI=1S/C18H28N2O3/c1-14(11-15-5-7-16(22-4)8-6-15)12-20(3)18(21)17-13-19(2)9-10-23-17/h5-8,14,17H,9-13H2,1-4H3/t14-,17-/m0/s1. The van der Waals surface area contributed by atoms with Crippen LogP contribution < -0.4 is 4.74 Å². The van der Waals surface area contributed by atoms with Crippen molar-refractivity contribution in [3.63, 3.8) is 0 Å². The van der Waals surface area contributed by atoms with Crippen molar-refractivity contribution < 1.29 is 14.3 Å². The Kier molecular flexibility index (Phi) is 6.42. The molecule has 0 bridgehead atoms. The van der Waals surface area contributed by atoms with Gasteiger partial charge in [0.25, 0.3) is 5.91 Å². The molecule has 23 heavy (non-hydrogen) atoms. The van der Waals surface area contributed by atoms with E-state index in [1.807, 2.05) is 26.2 Å². The molecule has 1 aliphatic rings. The third kappa shape index (κ3) is 5.22. The van der Waals surface area contributed by atoms with Gasteiger partial charge in [-0.25, -0.2) is 0 Å². The van der Waals surface area contributed by atoms with Gasteiger partial charge in [0.15, 0.2) is 0 Å². The minimum Gasteiger partial charge on any atom is -0.497 e. The first-order chi connectivity index (χ1) is 11.0. The minimum atomic E-state index is -0.327. The zero-order valence-electron chi connectivity index (χ0n) is 14.6. The first kappa shape index (κ1) is 17.8. The van der Waals surface area contributed by atoms with Crippen LogP contribution in [0, 0.1) is 5.92 Å². The Bertz CT molecular complexity index is 503. The van der Waals surface area contributed by atoms with Gasteiger partial charge in [0.05, 0.1) is 13.7 Å². The number of morpholine rings is 1. The Morgan fingerprint density at radius 2 is 2.13 bits per heavy atom. The Balaban J connectivity index is 1.83. The van der Waals surface area contributed by atoms with Gasteiger partial charge in [-0.1, -0.05) is 19.1 Å². The van der Waals surface area contributed by atoms with Crippen molar-refractivity contribution >= 4 is 5.91 Å². The van der Waals surface area contributed by atoms with Crippen molar-refractivity contribution in [1.82, 2.24) is 9.80 Å². The molecule has 2 atom stereocenters. The maximum Gasteiger partial charge on any atom is 0.252 e. The van der Waals surface area contributed by atoms with Crippen LogP contribution in [0.3, 0.4) is 0 Å². The van der Waals surface area contributed by atoms with E-state index in [4.69, 9.17) is 9.47 Å². The molecule has 0 N–H and O–H groups in total. The van der Waals surface area contributed by atoms with Crippen molar-refractivity contribution in [2.45, 2.75) is 19.4 Å². The topological polar surface area (TPSA) is 42.0 Å². The van der Waals surface area contributed by atoms with Crippen LogP contribution in [-0.4, -0.2) is 69.3 Å². The van der Waals surface area contributed by atoms with Crippen LogP contribution in [0.5, 0.6) is 5.75 Å². The average Bonchev–Trinajstić information content (AvgIpc) is 2.54. The van der Waals surface area contributed by atoms with E-state index in [-0.39, 0.29) is 12.0 Å². The number of carbonyl (C=O) groups is 1. The number of likely N-dealkylation sites (N-methyl/N-ethyl adjacent to an activating group) is 2. The summed E-state index contributed by atoms with van der Waals surface area (Å²) in [6.45, 7) is 5.09. The van der Waals surface area contributed by atoms with E-state index in [0.29, 0.717) is 19.1 Å². The van der Waals surface area contributed by atoms with Crippen LogP contribution in [0.15, 0.2) is 24.3 Å². The summed E-state index contributed by atoms with van der Waals surface area (Å²) < 4.78 is 10.8. The van der Waals surface area contributed by atoms with Gasteiger partial charge in [-0.2, -0.15) is 0 Å². The Morgan fingerprint density at radius 3 is 2.74 bits per heavy atom. The largest absolute Gasteiger partial charge is 0.497 e. The number of nitrogens with zero attached hydrogens (tertiary/aromatic N) is 2. The lowest BCUT2D eigenvalue weighted by Crippen LogP contribution is -2.49. The van der Waals surface area contributed by atoms with Crippen molar-refractivity contribution in [3.8, 4) is 5.75 Å². The van der Waals surface area contributed by atoms with Gasteiger partial charge in [0.2, 0.25) is 0 Å². The molecule has 1 aromatic carbocycles. The van der Waals surface area contributed by atoms with Gasteiger partial charge in [-0.3, -0.25) is 4.79 Å². The van der Waals surface area contributed by atoms with Gasteiger partial charge < -0.3 is 19.3 Å². The molecule has 5 heteroatoms. The molecule has 0 unspecified atom stereocenters. The number of rotatable bonds is 6. The van der Waals surface area contributed by atoms with E-state index in [2.05, 4.69) is 24.0 Å². The summed E-state index contributed by atoms with van der Waals surface area (Å²) >= 11 is 0. The molecular weight excluding hydrogens is 292 g/mol. The Morgan fingerprint density at radius 1 is 1.43 bits per heavy atom. The van der Waals surface area contributed by atoms with Crippen molar-refractivity contribution in [3.05, 3.63) is 29.8 Å². The quantitative estimate of drug-likeness (QED) is 0.799. The molecule has 0 radical (unpaired) electrons. The highest BCUT2D eigenvalue weighted by molar-refractivity contribution is 5.81. The average molecular weight is 320 g/mol. The van der Waals surface area contributed by atoms with Gasteiger partial charge in [0.1, 0.15) is 11.9 Å². The molecule has 1 saturated heterocycles. The molecule has 0 spiro atoms. The third-order valence-electron chi connectivity index (χ3n) is 4.25. The number of amides is 1. The third-order valence-corrected chi connectivity index (χ3v) is 4.25. The summed E-state index contributed by atoms with van der Waals surface area (Å²) in [6, 6.07) is 8.11. The van der Waals surface area contributed by atoms with Crippen LogP contribution in [0.4, 0.5) is 0 Å². The van der Waals surface area contributed by atoms with Crippen molar-refractivity contribution in [2.75, 3.05) is 47.4 Å². The van der Waals surface area contributed by atoms with Crippen LogP contribution >= 0.6 is 0 Å². The number of ether oxygens (including phenoxy) is 2. The molecule has 2 rings (SSSR count). The highest BCUT2D eigenvalue weighted by Gasteiger charge is 2.27. The number of hydrogen-bond acceptors (Lipinski definition) is 4. The second-order valence-corrected chi connectivity index (χ2v) is 6.50. The summed E-state index contributed by atoms with van der Waals surface area (Å²) in [5.74, 6) is 1.34. The smallest absolute Gasteiger partial charge is 0.252 e. The van der Waals surface area contributed by atoms with E-state index >= 15 is 0 Å². The lowest BCUT2D eigenvalue weighted by atomic mass is 10.0. The number of hydrogen-bond donors (Lipinski definition) is 0. The fraction of sp³-hybridized carbons (Fsp3) is 0.611. The Labute approximate surface area is 139 Å². The summed E-state index contributed by atoms with van der Waals surface area (Å²) in [5, 5.41) is 0. The molecule has 1 aromatic rings. The monoisotopic (exact) mass is 320 g/mol. The first-order valence-corrected chi connectivity index (χ1v) is 8.17. The van der Waals surface area contributed by atoms with Crippen LogP contribution in [-0.2, 0) is 16.0 Å². The van der Waals surface area contributed by atoms with Crippen molar-refractivity contribution in [2.24, 2.45) is 5.92 Å². The van der Waals surface area contributed by atoms with Crippen LogP contribution in [0.2, 0.25) is 0 Å². The minimum absolute atomic E-state index is 0.0816.